The molecule has 0 saturated carbocycles. The largest absolute Gasteiger partial charge is 0.507 e. The van der Waals surface area contributed by atoms with Crippen LogP contribution in [0.25, 0.3) is 10.8 Å². The molecule has 0 unspecified atom stereocenters. The standard InChI is InChI=1S/C19H20N2O3/c1-21(2)16(18-8-5-9-24-18)12-20-19(23)15-10-13-6-3-4-7-14(13)11-17(15)22/h3-11,16,22H,12H2,1-2H3,(H,20,23)/p+1/t16-/m0/s1. The summed E-state index contributed by atoms with van der Waals surface area (Å²) < 4.78 is 5.45. The smallest absolute Gasteiger partial charge is 0.255 e. The van der Waals surface area contributed by atoms with Crippen molar-refractivity contribution in [3.05, 3.63) is 66.1 Å². The molecule has 5 nitrogen and oxygen atoms in total. The van der Waals surface area contributed by atoms with Crippen LogP contribution in [0.5, 0.6) is 5.75 Å². The molecule has 24 heavy (non-hydrogen) atoms. The van der Waals surface area contributed by atoms with Crippen LogP contribution in [-0.2, 0) is 0 Å². The lowest BCUT2D eigenvalue weighted by molar-refractivity contribution is -0.891. The number of hydrogen-bond acceptors (Lipinski definition) is 3. The van der Waals surface area contributed by atoms with E-state index >= 15 is 0 Å². The van der Waals surface area contributed by atoms with Gasteiger partial charge in [0.15, 0.2) is 11.8 Å². The zero-order valence-corrected chi connectivity index (χ0v) is 13.7. The van der Waals surface area contributed by atoms with E-state index in [9.17, 15) is 9.90 Å². The van der Waals surface area contributed by atoms with Gasteiger partial charge in [0.1, 0.15) is 5.75 Å². The van der Waals surface area contributed by atoms with Gasteiger partial charge in [-0.1, -0.05) is 24.3 Å². The van der Waals surface area contributed by atoms with Gasteiger partial charge in [-0.05, 0) is 35.0 Å². The lowest BCUT2D eigenvalue weighted by Crippen LogP contribution is -3.07. The van der Waals surface area contributed by atoms with Crippen LogP contribution in [-0.4, -0.2) is 31.7 Å². The summed E-state index contributed by atoms with van der Waals surface area (Å²) in [4.78, 5) is 13.6. The van der Waals surface area contributed by atoms with Crippen molar-refractivity contribution in [1.29, 1.82) is 0 Å². The molecular formula is C19H21N2O3+. The van der Waals surface area contributed by atoms with Gasteiger partial charge in [-0.25, -0.2) is 0 Å². The molecule has 3 aromatic rings. The van der Waals surface area contributed by atoms with E-state index in [4.69, 9.17) is 4.42 Å². The lowest BCUT2D eigenvalue weighted by atomic mass is 10.1. The Morgan fingerprint density at radius 2 is 1.88 bits per heavy atom. The van der Waals surface area contributed by atoms with Crippen molar-refractivity contribution in [3.63, 3.8) is 0 Å². The Morgan fingerprint density at radius 1 is 1.17 bits per heavy atom. The van der Waals surface area contributed by atoms with Crippen LogP contribution in [0.4, 0.5) is 0 Å². The Morgan fingerprint density at radius 3 is 2.50 bits per heavy atom. The van der Waals surface area contributed by atoms with Crippen LogP contribution in [0.3, 0.4) is 0 Å². The summed E-state index contributed by atoms with van der Waals surface area (Å²) in [6.07, 6.45) is 1.63. The predicted molar refractivity (Wildman–Crippen MR) is 92.2 cm³/mol. The Labute approximate surface area is 140 Å². The summed E-state index contributed by atoms with van der Waals surface area (Å²) in [5, 5.41) is 14.9. The minimum atomic E-state index is -0.295. The predicted octanol–water partition coefficient (Wildman–Crippen LogP) is 1.75. The normalized spacial score (nSPS) is 12.5. The first kappa shape index (κ1) is 16.1. The van der Waals surface area contributed by atoms with Gasteiger partial charge in [0.2, 0.25) is 0 Å². The number of hydrogen-bond donors (Lipinski definition) is 3. The minimum Gasteiger partial charge on any atom is -0.507 e. The molecule has 2 aromatic carbocycles. The molecule has 3 N–H and O–H groups in total. The summed E-state index contributed by atoms with van der Waals surface area (Å²) in [6, 6.07) is 14.7. The maximum Gasteiger partial charge on any atom is 0.255 e. The van der Waals surface area contributed by atoms with Crippen molar-refractivity contribution >= 4 is 16.7 Å². The summed E-state index contributed by atoms with van der Waals surface area (Å²) in [7, 11) is 4.01. The maximum absolute atomic E-state index is 12.5. The number of quaternary nitrogens is 1. The number of phenols is 1. The fraction of sp³-hybridized carbons (Fsp3) is 0.211. The number of fused-ring (bicyclic) bond motifs is 1. The number of nitrogens with one attached hydrogen (secondary N) is 2. The van der Waals surface area contributed by atoms with E-state index in [1.54, 1.807) is 18.4 Å². The van der Waals surface area contributed by atoms with Crippen LogP contribution in [0, 0.1) is 0 Å². The zero-order valence-electron chi connectivity index (χ0n) is 13.7. The first-order valence-corrected chi connectivity index (χ1v) is 7.89. The fourth-order valence-corrected chi connectivity index (χ4v) is 2.78. The van der Waals surface area contributed by atoms with Crippen molar-refractivity contribution in [2.75, 3.05) is 20.6 Å². The quantitative estimate of drug-likeness (QED) is 0.669. The monoisotopic (exact) mass is 325 g/mol. The topological polar surface area (TPSA) is 66.9 Å². The van der Waals surface area contributed by atoms with Crippen molar-refractivity contribution in [3.8, 4) is 5.75 Å². The van der Waals surface area contributed by atoms with E-state index in [0.717, 1.165) is 21.4 Å². The van der Waals surface area contributed by atoms with E-state index in [1.165, 1.54) is 0 Å². The highest BCUT2D eigenvalue weighted by atomic mass is 16.3. The summed E-state index contributed by atoms with van der Waals surface area (Å²) in [5.74, 6) is 0.507. The highest BCUT2D eigenvalue weighted by molar-refractivity contribution is 6.01. The number of aromatic hydroxyl groups is 1. The first-order valence-electron chi connectivity index (χ1n) is 7.89. The molecule has 124 valence electrons. The van der Waals surface area contributed by atoms with Crippen molar-refractivity contribution < 1.29 is 19.2 Å². The van der Waals surface area contributed by atoms with Gasteiger partial charge in [0, 0.05) is 0 Å². The number of amides is 1. The molecule has 1 aromatic heterocycles. The van der Waals surface area contributed by atoms with Crippen LogP contribution < -0.4 is 10.2 Å². The highest BCUT2D eigenvalue weighted by Crippen LogP contribution is 2.25. The molecule has 0 spiro atoms. The second kappa shape index (κ2) is 6.76. The molecular weight excluding hydrogens is 304 g/mol. The van der Waals surface area contributed by atoms with Crippen LogP contribution in [0.1, 0.15) is 22.2 Å². The van der Waals surface area contributed by atoms with E-state index in [0.29, 0.717) is 6.54 Å². The van der Waals surface area contributed by atoms with Gasteiger partial charge in [-0.3, -0.25) is 4.79 Å². The van der Waals surface area contributed by atoms with Gasteiger partial charge < -0.3 is 19.7 Å². The third kappa shape index (κ3) is 3.26. The zero-order chi connectivity index (χ0) is 17.1. The molecule has 0 aliphatic carbocycles. The van der Waals surface area contributed by atoms with Gasteiger partial charge in [0.25, 0.3) is 5.91 Å². The molecule has 0 aliphatic heterocycles. The van der Waals surface area contributed by atoms with Crippen molar-refractivity contribution in [1.82, 2.24) is 5.32 Å². The summed E-state index contributed by atoms with van der Waals surface area (Å²) in [5.41, 5.74) is 0.278. The second-order valence-electron chi connectivity index (χ2n) is 6.07. The van der Waals surface area contributed by atoms with E-state index in [2.05, 4.69) is 5.32 Å². The number of carbonyl (C=O) groups excluding carboxylic acids is 1. The molecule has 1 amide bonds. The Hall–Kier alpha value is -2.79. The lowest BCUT2D eigenvalue weighted by Gasteiger charge is -2.20. The van der Waals surface area contributed by atoms with E-state index in [-0.39, 0.29) is 23.3 Å². The number of benzene rings is 2. The molecule has 1 heterocycles. The fourth-order valence-electron chi connectivity index (χ4n) is 2.78. The van der Waals surface area contributed by atoms with Gasteiger partial charge in [0.05, 0.1) is 32.5 Å². The number of likely N-dealkylation sites (N-methyl/N-ethyl adjacent to an activating group) is 1. The summed E-state index contributed by atoms with van der Waals surface area (Å²) >= 11 is 0. The average Bonchev–Trinajstić information content (AvgIpc) is 3.08. The summed E-state index contributed by atoms with van der Waals surface area (Å²) in [6.45, 7) is 0.418. The molecule has 0 fully saturated rings. The third-order valence-corrected chi connectivity index (χ3v) is 4.16. The van der Waals surface area contributed by atoms with Gasteiger partial charge in [-0.15, -0.1) is 0 Å². The molecule has 0 aliphatic rings. The van der Waals surface area contributed by atoms with Crippen molar-refractivity contribution in [2.24, 2.45) is 0 Å². The van der Waals surface area contributed by atoms with E-state index in [1.807, 2.05) is 50.5 Å². The van der Waals surface area contributed by atoms with Gasteiger partial charge in [-0.2, -0.15) is 0 Å². The van der Waals surface area contributed by atoms with Gasteiger partial charge >= 0.3 is 0 Å². The molecule has 5 heteroatoms. The van der Waals surface area contributed by atoms with Crippen LogP contribution >= 0.6 is 0 Å². The third-order valence-electron chi connectivity index (χ3n) is 4.16. The molecule has 0 bridgehead atoms. The Balaban J connectivity index is 1.78. The Kier molecular flexibility index (Phi) is 4.53. The second-order valence-corrected chi connectivity index (χ2v) is 6.07. The van der Waals surface area contributed by atoms with Crippen molar-refractivity contribution in [2.45, 2.75) is 6.04 Å². The molecule has 3 rings (SSSR count). The minimum absolute atomic E-state index is 0.00606. The maximum atomic E-state index is 12.5. The van der Waals surface area contributed by atoms with E-state index < -0.39 is 0 Å². The molecule has 0 saturated heterocycles. The average molecular weight is 325 g/mol. The molecule has 1 atom stereocenters. The van der Waals surface area contributed by atoms with Crippen LogP contribution in [0.15, 0.2) is 59.2 Å². The molecule has 0 radical (unpaired) electrons. The number of furan rings is 1. The Bertz CT molecular complexity index is 841. The SMILES string of the molecule is C[NH+](C)[C@@H](CNC(=O)c1cc2ccccc2cc1O)c1ccco1. The van der Waals surface area contributed by atoms with Crippen LogP contribution in [0.2, 0.25) is 0 Å². The number of carbonyl (C=O) groups is 1. The number of phenolic OH excluding ortho intramolecular Hbond substituents is 1. The first-order chi connectivity index (χ1) is 11.6. The number of rotatable bonds is 5. The highest BCUT2D eigenvalue weighted by Gasteiger charge is 2.22.